The summed E-state index contributed by atoms with van der Waals surface area (Å²) in [6.45, 7) is 5.50. The van der Waals surface area contributed by atoms with Gasteiger partial charge in [0.2, 0.25) is 0 Å². The average molecular weight is 250 g/mol. The molecule has 100 valence electrons. The Balaban J connectivity index is 2.38. The lowest BCUT2D eigenvalue weighted by atomic mass is 9.96. The van der Waals surface area contributed by atoms with E-state index in [9.17, 15) is 9.90 Å². The van der Waals surface area contributed by atoms with Crippen LogP contribution in [0.3, 0.4) is 0 Å². The van der Waals surface area contributed by atoms with Crippen LogP contribution >= 0.6 is 0 Å². The molecule has 3 nitrogen and oxygen atoms in total. The van der Waals surface area contributed by atoms with Crippen LogP contribution in [0.2, 0.25) is 0 Å². The predicted octanol–water partition coefficient (Wildman–Crippen LogP) is 3.31. The summed E-state index contributed by atoms with van der Waals surface area (Å²) in [5.41, 5.74) is 0.845. The predicted molar refractivity (Wildman–Crippen MR) is 71.7 cm³/mol. The fourth-order valence-electron chi connectivity index (χ4n) is 1.74. The SMILES string of the molecule is CC(C)CCOCCC(C(=O)O)c1ccccc1. The van der Waals surface area contributed by atoms with Gasteiger partial charge in [-0.25, -0.2) is 0 Å². The zero-order valence-electron chi connectivity index (χ0n) is 11.1. The first kappa shape index (κ1) is 14.7. The highest BCUT2D eigenvalue weighted by atomic mass is 16.5. The van der Waals surface area contributed by atoms with E-state index in [2.05, 4.69) is 13.8 Å². The lowest BCUT2D eigenvalue weighted by Crippen LogP contribution is -2.14. The molecule has 3 heteroatoms. The van der Waals surface area contributed by atoms with Gasteiger partial charge in [0.05, 0.1) is 5.92 Å². The maximum absolute atomic E-state index is 11.2. The summed E-state index contributed by atoms with van der Waals surface area (Å²) in [5.74, 6) is -0.631. The van der Waals surface area contributed by atoms with Crippen LogP contribution in [0.1, 0.15) is 38.2 Å². The van der Waals surface area contributed by atoms with Crippen molar-refractivity contribution >= 4 is 5.97 Å². The van der Waals surface area contributed by atoms with Crippen LogP contribution in [0.15, 0.2) is 30.3 Å². The van der Waals surface area contributed by atoms with Crippen molar-refractivity contribution in [3.05, 3.63) is 35.9 Å². The number of ether oxygens (including phenoxy) is 1. The second kappa shape index (κ2) is 7.88. The van der Waals surface area contributed by atoms with Gasteiger partial charge in [-0.15, -0.1) is 0 Å². The number of carboxylic acids is 1. The molecule has 0 aliphatic heterocycles. The van der Waals surface area contributed by atoms with E-state index in [1.54, 1.807) is 0 Å². The van der Waals surface area contributed by atoms with Gasteiger partial charge in [0.25, 0.3) is 0 Å². The lowest BCUT2D eigenvalue weighted by molar-refractivity contribution is -0.139. The smallest absolute Gasteiger partial charge is 0.311 e. The van der Waals surface area contributed by atoms with E-state index in [-0.39, 0.29) is 0 Å². The van der Waals surface area contributed by atoms with E-state index in [4.69, 9.17) is 4.74 Å². The number of hydrogen-bond donors (Lipinski definition) is 1. The molecule has 1 aromatic rings. The molecule has 0 saturated heterocycles. The number of carbonyl (C=O) groups is 1. The van der Waals surface area contributed by atoms with Crippen LogP contribution in [0.4, 0.5) is 0 Å². The highest BCUT2D eigenvalue weighted by molar-refractivity contribution is 5.75. The second-order valence-electron chi connectivity index (χ2n) is 4.89. The summed E-state index contributed by atoms with van der Waals surface area (Å²) in [6, 6.07) is 9.33. The van der Waals surface area contributed by atoms with E-state index in [0.29, 0.717) is 25.6 Å². The molecule has 0 saturated carbocycles. The molecule has 0 aromatic heterocycles. The molecule has 1 unspecified atom stereocenters. The molecule has 0 amide bonds. The monoisotopic (exact) mass is 250 g/mol. The Morgan fingerprint density at radius 1 is 1.17 bits per heavy atom. The molecule has 1 N–H and O–H groups in total. The molecule has 18 heavy (non-hydrogen) atoms. The number of benzene rings is 1. The maximum atomic E-state index is 11.2. The zero-order chi connectivity index (χ0) is 13.4. The molecule has 0 bridgehead atoms. The van der Waals surface area contributed by atoms with Crippen LogP contribution in [-0.2, 0) is 9.53 Å². The van der Waals surface area contributed by atoms with E-state index >= 15 is 0 Å². The minimum Gasteiger partial charge on any atom is -0.481 e. The molecule has 0 heterocycles. The summed E-state index contributed by atoms with van der Waals surface area (Å²) in [4.78, 5) is 11.2. The normalized spacial score (nSPS) is 12.6. The molecule has 0 aliphatic carbocycles. The van der Waals surface area contributed by atoms with Crippen molar-refractivity contribution in [2.24, 2.45) is 5.92 Å². The van der Waals surface area contributed by atoms with E-state index in [1.807, 2.05) is 30.3 Å². The quantitative estimate of drug-likeness (QED) is 0.720. The third-order valence-corrected chi connectivity index (χ3v) is 2.89. The topological polar surface area (TPSA) is 46.5 Å². The molecule has 1 atom stereocenters. The first-order valence-electron chi connectivity index (χ1n) is 6.46. The highest BCUT2D eigenvalue weighted by Crippen LogP contribution is 2.19. The molecule has 0 aliphatic rings. The summed E-state index contributed by atoms with van der Waals surface area (Å²) >= 11 is 0. The van der Waals surface area contributed by atoms with Gasteiger partial charge in [-0.05, 0) is 24.3 Å². The van der Waals surface area contributed by atoms with Crippen molar-refractivity contribution in [1.82, 2.24) is 0 Å². The Labute approximate surface area is 109 Å². The van der Waals surface area contributed by atoms with Gasteiger partial charge >= 0.3 is 5.97 Å². The van der Waals surface area contributed by atoms with Gasteiger partial charge < -0.3 is 9.84 Å². The Kier molecular flexibility index (Phi) is 6.44. The van der Waals surface area contributed by atoms with Crippen molar-refractivity contribution in [3.63, 3.8) is 0 Å². The van der Waals surface area contributed by atoms with Crippen LogP contribution in [0, 0.1) is 5.92 Å². The molecule has 0 radical (unpaired) electrons. The van der Waals surface area contributed by atoms with Crippen molar-refractivity contribution in [2.45, 2.75) is 32.6 Å². The highest BCUT2D eigenvalue weighted by Gasteiger charge is 2.18. The summed E-state index contributed by atoms with van der Waals surface area (Å²) in [5, 5.41) is 9.22. The van der Waals surface area contributed by atoms with E-state index in [1.165, 1.54) is 0 Å². The van der Waals surface area contributed by atoms with Gasteiger partial charge in [0, 0.05) is 13.2 Å². The van der Waals surface area contributed by atoms with Crippen molar-refractivity contribution < 1.29 is 14.6 Å². The standard InChI is InChI=1S/C15H22O3/c1-12(2)8-10-18-11-9-14(15(16)17)13-6-4-3-5-7-13/h3-7,12,14H,8-11H2,1-2H3,(H,16,17). The zero-order valence-corrected chi connectivity index (χ0v) is 11.1. The van der Waals surface area contributed by atoms with Crippen molar-refractivity contribution in [3.8, 4) is 0 Å². The third kappa shape index (κ3) is 5.32. The maximum Gasteiger partial charge on any atom is 0.311 e. The Morgan fingerprint density at radius 3 is 2.33 bits per heavy atom. The van der Waals surface area contributed by atoms with Crippen molar-refractivity contribution in [1.29, 1.82) is 0 Å². The molecule has 1 aromatic carbocycles. The molecule has 1 rings (SSSR count). The Morgan fingerprint density at radius 2 is 1.78 bits per heavy atom. The summed E-state index contributed by atoms with van der Waals surface area (Å²) in [7, 11) is 0. The number of carboxylic acid groups (broad SMARTS) is 1. The van der Waals surface area contributed by atoms with Crippen LogP contribution in [-0.4, -0.2) is 24.3 Å². The molecular weight excluding hydrogens is 228 g/mol. The first-order valence-corrected chi connectivity index (χ1v) is 6.46. The number of aliphatic carboxylic acids is 1. The second-order valence-corrected chi connectivity index (χ2v) is 4.89. The lowest BCUT2D eigenvalue weighted by Gasteiger charge is -2.13. The average Bonchev–Trinajstić information content (AvgIpc) is 2.34. The molecular formula is C15H22O3. The fourth-order valence-corrected chi connectivity index (χ4v) is 1.74. The first-order chi connectivity index (χ1) is 8.61. The van der Waals surface area contributed by atoms with Gasteiger partial charge in [-0.1, -0.05) is 44.2 Å². The summed E-state index contributed by atoms with van der Waals surface area (Å²) < 4.78 is 5.48. The fraction of sp³-hybridized carbons (Fsp3) is 0.533. The summed E-state index contributed by atoms with van der Waals surface area (Å²) in [6.07, 6.45) is 1.54. The van der Waals surface area contributed by atoms with Crippen molar-refractivity contribution in [2.75, 3.05) is 13.2 Å². The van der Waals surface area contributed by atoms with Gasteiger partial charge in [0.1, 0.15) is 0 Å². The Hall–Kier alpha value is -1.35. The van der Waals surface area contributed by atoms with Gasteiger partial charge in [-0.3, -0.25) is 4.79 Å². The minimum atomic E-state index is -0.784. The number of rotatable bonds is 8. The molecule has 0 spiro atoms. The van der Waals surface area contributed by atoms with Gasteiger partial charge in [-0.2, -0.15) is 0 Å². The molecule has 0 fully saturated rings. The van der Waals surface area contributed by atoms with Crippen LogP contribution in [0.25, 0.3) is 0 Å². The minimum absolute atomic E-state index is 0.467. The largest absolute Gasteiger partial charge is 0.481 e. The van der Waals surface area contributed by atoms with E-state index < -0.39 is 11.9 Å². The third-order valence-electron chi connectivity index (χ3n) is 2.89. The number of hydrogen-bond acceptors (Lipinski definition) is 2. The van der Waals surface area contributed by atoms with E-state index in [0.717, 1.165) is 12.0 Å². The van der Waals surface area contributed by atoms with Crippen LogP contribution in [0.5, 0.6) is 0 Å². The van der Waals surface area contributed by atoms with Crippen LogP contribution < -0.4 is 0 Å². The Bertz CT molecular complexity index is 346. The van der Waals surface area contributed by atoms with Gasteiger partial charge in [0.15, 0.2) is 0 Å².